The van der Waals surface area contributed by atoms with Gasteiger partial charge in [0.15, 0.2) is 0 Å². The molecule has 2 N–H and O–H groups in total. The molecule has 0 bridgehead atoms. The van der Waals surface area contributed by atoms with Crippen LogP contribution in [0, 0.1) is 0 Å². The highest BCUT2D eigenvalue weighted by molar-refractivity contribution is 5.68. The van der Waals surface area contributed by atoms with Crippen molar-refractivity contribution in [2.45, 2.75) is 25.8 Å². The van der Waals surface area contributed by atoms with Crippen molar-refractivity contribution in [2.24, 2.45) is 7.05 Å². The van der Waals surface area contributed by atoms with Gasteiger partial charge < -0.3 is 10.4 Å². The average Bonchev–Trinajstić information content (AvgIpc) is 2.55. The molecule has 0 saturated carbocycles. The largest absolute Gasteiger partial charge is 0.481 e. The van der Waals surface area contributed by atoms with E-state index in [9.17, 15) is 4.79 Å². The summed E-state index contributed by atoms with van der Waals surface area (Å²) in [5, 5.41) is 16.1. The first-order chi connectivity index (χ1) is 7.08. The van der Waals surface area contributed by atoms with E-state index in [0.29, 0.717) is 0 Å². The van der Waals surface area contributed by atoms with Crippen LogP contribution in [-0.4, -0.2) is 27.9 Å². The number of carboxylic acid groups (broad SMARTS) is 1. The first kappa shape index (κ1) is 11.7. The number of carboxylic acids is 1. The molecule has 84 valence electrons. The van der Waals surface area contributed by atoms with E-state index in [-0.39, 0.29) is 12.5 Å². The third kappa shape index (κ3) is 2.79. The predicted octanol–water partition coefficient (Wildman–Crippen LogP) is 0.718. The molecule has 0 aliphatic carbocycles. The van der Waals surface area contributed by atoms with E-state index in [2.05, 4.69) is 10.4 Å². The first-order valence-electron chi connectivity index (χ1n) is 5.00. The monoisotopic (exact) mass is 211 g/mol. The van der Waals surface area contributed by atoms with E-state index in [1.807, 2.05) is 20.2 Å². The standard InChI is InChI=1S/C10H17N3O2/c1-4-8-7(6-13(3)12-8)9(11-2)5-10(14)15/h6,9,11H,4-5H2,1-3H3,(H,14,15). The molecule has 1 heterocycles. The lowest BCUT2D eigenvalue weighted by Crippen LogP contribution is -2.20. The summed E-state index contributed by atoms with van der Waals surface area (Å²) >= 11 is 0. The molecule has 0 aliphatic rings. The van der Waals surface area contributed by atoms with Gasteiger partial charge in [-0.25, -0.2) is 0 Å². The second kappa shape index (κ2) is 4.93. The van der Waals surface area contributed by atoms with E-state index in [4.69, 9.17) is 5.11 Å². The fourth-order valence-corrected chi connectivity index (χ4v) is 1.66. The highest BCUT2D eigenvalue weighted by Crippen LogP contribution is 2.20. The van der Waals surface area contributed by atoms with Crippen LogP contribution in [0.3, 0.4) is 0 Å². The van der Waals surface area contributed by atoms with Crippen LogP contribution in [0.2, 0.25) is 0 Å². The fourth-order valence-electron chi connectivity index (χ4n) is 1.66. The molecule has 1 aromatic heterocycles. The minimum atomic E-state index is -0.805. The number of carbonyl (C=O) groups is 1. The van der Waals surface area contributed by atoms with E-state index in [1.165, 1.54) is 0 Å². The second-order valence-corrected chi connectivity index (χ2v) is 3.50. The molecule has 1 atom stereocenters. The Labute approximate surface area is 89.1 Å². The Bertz CT molecular complexity index is 346. The van der Waals surface area contributed by atoms with Gasteiger partial charge >= 0.3 is 5.97 Å². The molecule has 0 radical (unpaired) electrons. The molecule has 0 amide bonds. The molecule has 1 aromatic rings. The summed E-state index contributed by atoms with van der Waals surface area (Å²) in [5.41, 5.74) is 1.93. The third-order valence-corrected chi connectivity index (χ3v) is 2.38. The van der Waals surface area contributed by atoms with Crippen molar-refractivity contribution in [1.29, 1.82) is 0 Å². The topological polar surface area (TPSA) is 67.2 Å². The molecule has 5 nitrogen and oxygen atoms in total. The number of nitrogens with zero attached hydrogens (tertiary/aromatic N) is 2. The van der Waals surface area contributed by atoms with Crippen molar-refractivity contribution >= 4 is 5.97 Å². The lowest BCUT2D eigenvalue weighted by molar-refractivity contribution is -0.137. The number of hydrogen-bond donors (Lipinski definition) is 2. The number of hydrogen-bond acceptors (Lipinski definition) is 3. The molecule has 0 aliphatic heterocycles. The van der Waals surface area contributed by atoms with E-state index in [0.717, 1.165) is 17.7 Å². The number of aromatic nitrogens is 2. The highest BCUT2D eigenvalue weighted by atomic mass is 16.4. The van der Waals surface area contributed by atoms with Gasteiger partial charge in [-0.05, 0) is 13.5 Å². The molecule has 0 fully saturated rings. The van der Waals surface area contributed by atoms with Gasteiger partial charge in [0, 0.05) is 24.8 Å². The van der Waals surface area contributed by atoms with Gasteiger partial charge in [-0.15, -0.1) is 0 Å². The predicted molar refractivity (Wildman–Crippen MR) is 56.6 cm³/mol. The number of aliphatic carboxylic acids is 1. The summed E-state index contributed by atoms with van der Waals surface area (Å²) < 4.78 is 1.72. The van der Waals surface area contributed by atoms with Crippen LogP contribution in [0.5, 0.6) is 0 Å². The van der Waals surface area contributed by atoms with Crippen LogP contribution >= 0.6 is 0 Å². The van der Waals surface area contributed by atoms with Crippen molar-refractivity contribution in [2.75, 3.05) is 7.05 Å². The van der Waals surface area contributed by atoms with E-state index < -0.39 is 5.97 Å². The van der Waals surface area contributed by atoms with Crippen LogP contribution in [0.25, 0.3) is 0 Å². The molecule has 15 heavy (non-hydrogen) atoms. The maximum absolute atomic E-state index is 10.7. The van der Waals surface area contributed by atoms with Gasteiger partial charge in [-0.1, -0.05) is 6.92 Å². The lowest BCUT2D eigenvalue weighted by Gasteiger charge is -2.13. The molecule has 0 saturated heterocycles. The van der Waals surface area contributed by atoms with Gasteiger partial charge in [0.25, 0.3) is 0 Å². The van der Waals surface area contributed by atoms with E-state index >= 15 is 0 Å². The Kier molecular flexibility index (Phi) is 3.85. The Morgan fingerprint density at radius 3 is 2.87 bits per heavy atom. The zero-order chi connectivity index (χ0) is 11.4. The third-order valence-electron chi connectivity index (χ3n) is 2.38. The number of rotatable bonds is 5. The molecule has 1 unspecified atom stereocenters. The molecule has 1 rings (SSSR count). The van der Waals surface area contributed by atoms with Crippen LogP contribution < -0.4 is 5.32 Å². The summed E-state index contributed by atoms with van der Waals surface area (Å²) in [6.07, 6.45) is 2.77. The van der Waals surface area contributed by atoms with Gasteiger partial charge in [0.05, 0.1) is 12.1 Å². The molecular weight excluding hydrogens is 194 g/mol. The summed E-state index contributed by atoms with van der Waals surface area (Å²) in [6, 6.07) is -0.161. The van der Waals surface area contributed by atoms with Crippen molar-refractivity contribution in [3.8, 4) is 0 Å². The summed E-state index contributed by atoms with van der Waals surface area (Å²) in [7, 11) is 3.61. The van der Waals surface area contributed by atoms with Crippen molar-refractivity contribution in [1.82, 2.24) is 15.1 Å². The Morgan fingerprint density at radius 1 is 1.73 bits per heavy atom. The minimum absolute atomic E-state index is 0.0786. The molecular formula is C10H17N3O2. The smallest absolute Gasteiger partial charge is 0.305 e. The molecule has 5 heteroatoms. The summed E-state index contributed by atoms with van der Waals surface area (Å²) in [6.45, 7) is 2.01. The maximum Gasteiger partial charge on any atom is 0.305 e. The minimum Gasteiger partial charge on any atom is -0.481 e. The fraction of sp³-hybridized carbons (Fsp3) is 0.600. The number of nitrogens with one attached hydrogen (secondary N) is 1. The Balaban J connectivity index is 2.94. The molecule has 0 spiro atoms. The quantitative estimate of drug-likeness (QED) is 0.753. The maximum atomic E-state index is 10.7. The zero-order valence-electron chi connectivity index (χ0n) is 9.32. The normalized spacial score (nSPS) is 12.7. The average molecular weight is 211 g/mol. The Morgan fingerprint density at radius 2 is 2.40 bits per heavy atom. The van der Waals surface area contributed by atoms with Gasteiger partial charge in [-0.3, -0.25) is 9.48 Å². The summed E-state index contributed by atoms with van der Waals surface area (Å²) in [5.74, 6) is -0.805. The summed E-state index contributed by atoms with van der Waals surface area (Å²) in [4.78, 5) is 10.7. The van der Waals surface area contributed by atoms with Gasteiger partial charge in [0.2, 0.25) is 0 Å². The SMILES string of the molecule is CCc1nn(C)cc1C(CC(=O)O)NC. The van der Waals surface area contributed by atoms with Gasteiger partial charge in [0.1, 0.15) is 0 Å². The van der Waals surface area contributed by atoms with Crippen molar-refractivity contribution in [3.05, 3.63) is 17.5 Å². The van der Waals surface area contributed by atoms with Crippen LogP contribution in [0.1, 0.15) is 30.6 Å². The second-order valence-electron chi connectivity index (χ2n) is 3.50. The van der Waals surface area contributed by atoms with Gasteiger partial charge in [-0.2, -0.15) is 5.10 Å². The van der Waals surface area contributed by atoms with Crippen LogP contribution in [0.4, 0.5) is 0 Å². The van der Waals surface area contributed by atoms with Crippen LogP contribution in [-0.2, 0) is 18.3 Å². The zero-order valence-corrected chi connectivity index (χ0v) is 9.32. The van der Waals surface area contributed by atoms with E-state index in [1.54, 1.807) is 11.7 Å². The highest BCUT2D eigenvalue weighted by Gasteiger charge is 2.18. The first-order valence-corrected chi connectivity index (χ1v) is 5.00. The van der Waals surface area contributed by atoms with Crippen molar-refractivity contribution in [3.63, 3.8) is 0 Å². The number of aryl methyl sites for hydroxylation is 2. The van der Waals surface area contributed by atoms with Crippen molar-refractivity contribution < 1.29 is 9.90 Å². The van der Waals surface area contributed by atoms with Crippen LogP contribution in [0.15, 0.2) is 6.20 Å². The molecule has 0 aromatic carbocycles. The Hall–Kier alpha value is -1.36. The lowest BCUT2D eigenvalue weighted by atomic mass is 10.0.